The fourth-order valence-corrected chi connectivity index (χ4v) is 2.43. The van der Waals surface area contributed by atoms with Crippen LogP contribution in [0.4, 0.5) is 0 Å². The van der Waals surface area contributed by atoms with E-state index in [2.05, 4.69) is 11.6 Å². The summed E-state index contributed by atoms with van der Waals surface area (Å²) in [6, 6.07) is 17.0. The molecule has 3 nitrogen and oxygen atoms in total. The number of rotatable bonds is 2. The fourth-order valence-electron chi connectivity index (χ4n) is 2.43. The van der Waals surface area contributed by atoms with Crippen LogP contribution >= 0.6 is 0 Å². The number of hydrogen-bond acceptors (Lipinski definition) is 3. The number of cyclic esters (lactones) is 1. The first-order valence-corrected chi connectivity index (χ1v) is 7.47. The maximum Gasteiger partial charge on any atom is 2.00 e. The maximum atomic E-state index is 11.8. The van der Waals surface area contributed by atoms with E-state index < -0.39 is 6.04 Å². The van der Waals surface area contributed by atoms with Crippen LogP contribution in [0.3, 0.4) is 0 Å². The first-order chi connectivity index (χ1) is 11.3. The predicted octanol–water partition coefficient (Wildman–Crippen LogP) is 4.10. The second-order valence-corrected chi connectivity index (χ2v) is 5.27. The third-order valence-corrected chi connectivity index (χ3v) is 3.64. The van der Waals surface area contributed by atoms with E-state index in [0.29, 0.717) is 5.90 Å². The van der Waals surface area contributed by atoms with E-state index in [-0.39, 0.29) is 29.0 Å². The van der Waals surface area contributed by atoms with Gasteiger partial charge in [0.05, 0.1) is 5.92 Å². The van der Waals surface area contributed by atoms with Gasteiger partial charge in [0.15, 0.2) is 6.04 Å². The van der Waals surface area contributed by atoms with E-state index in [9.17, 15) is 4.79 Å². The molecule has 0 spiro atoms. The normalized spacial score (nSPS) is 21.4. The van der Waals surface area contributed by atoms with E-state index in [1.54, 1.807) is 0 Å². The SMILES string of the molecule is C=C1C=CC=CC1C1=NC(c2ccc[cH-]2)C(=O)O1.[Fe+2].c1cc[cH-]c1. The second kappa shape index (κ2) is 8.44. The number of ether oxygens (including phenoxy) is 1. The Bertz CT molecular complexity index is 734. The number of nitrogens with zero attached hydrogens (tertiary/aromatic N) is 1. The summed E-state index contributed by atoms with van der Waals surface area (Å²) in [5.74, 6) is 0.00247. The van der Waals surface area contributed by atoms with Crippen molar-refractivity contribution < 1.29 is 26.6 Å². The van der Waals surface area contributed by atoms with Gasteiger partial charge in [-0.1, -0.05) is 30.9 Å². The van der Waals surface area contributed by atoms with Crippen LogP contribution in [-0.4, -0.2) is 11.9 Å². The molecule has 1 aliphatic carbocycles. The van der Waals surface area contributed by atoms with Crippen molar-refractivity contribution >= 4 is 11.9 Å². The molecule has 2 unspecified atom stereocenters. The maximum absolute atomic E-state index is 11.8. The third kappa shape index (κ3) is 4.10. The Morgan fingerprint density at radius 2 is 1.92 bits per heavy atom. The minimum atomic E-state index is -0.526. The van der Waals surface area contributed by atoms with Crippen LogP contribution in [0.2, 0.25) is 0 Å². The van der Waals surface area contributed by atoms with Crippen molar-refractivity contribution in [1.29, 1.82) is 0 Å². The topological polar surface area (TPSA) is 38.7 Å². The Labute approximate surface area is 152 Å². The van der Waals surface area contributed by atoms with Gasteiger partial charge < -0.3 is 4.74 Å². The van der Waals surface area contributed by atoms with E-state index in [1.165, 1.54) is 0 Å². The molecule has 2 atom stereocenters. The van der Waals surface area contributed by atoms with Gasteiger partial charge in [0.25, 0.3) is 0 Å². The molecule has 2 aromatic rings. The van der Waals surface area contributed by atoms with Crippen LogP contribution in [0.5, 0.6) is 0 Å². The number of carbonyl (C=O) groups is 1. The second-order valence-electron chi connectivity index (χ2n) is 5.27. The molecule has 2 aliphatic rings. The minimum absolute atomic E-state index is 0. The summed E-state index contributed by atoms with van der Waals surface area (Å²) in [4.78, 5) is 16.2. The molecule has 0 saturated heterocycles. The van der Waals surface area contributed by atoms with Gasteiger partial charge in [-0.25, -0.2) is 34.1 Å². The van der Waals surface area contributed by atoms with Gasteiger partial charge >= 0.3 is 23.0 Å². The quantitative estimate of drug-likeness (QED) is 0.460. The van der Waals surface area contributed by atoms with Gasteiger partial charge in [-0.15, -0.1) is 5.56 Å². The van der Waals surface area contributed by atoms with Crippen molar-refractivity contribution in [2.75, 3.05) is 0 Å². The Balaban J connectivity index is 0.000000300. The zero-order valence-corrected chi connectivity index (χ0v) is 14.1. The standard InChI is InChI=1S/C15H12NO2.C5H5.Fe/c1-10-6-2-5-9-12(10)14-16-13(15(17)18-14)11-7-3-4-8-11;1-2-4-5-3-1;/h2-9,12-13H,1H2;1-5H;/q2*-1;+2. The van der Waals surface area contributed by atoms with E-state index in [1.807, 2.05) is 78.9 Å². The van der Waals surface area contributed by atoms with E-state index in [0.717, 1.165) is 11.1 Å². The predicted molar refractivity (Wildman–Crippen MR) is 91.2 cm³/mol. The van der Waals surface area contributed by atoms with Gasteiger partial charge in [0.1, 0.15) is 0 Å². The zero-order valence-electron chi connectivity index (χ0n) is 13.0. The van der Waals surface area contributed by atoms with Gasteiger partial charge in [-0.2, -0.15) is 30.3 Å². The average molecular weight is 359 g/mol. The van der Waals surface area contributed by atoms with Crippen LogP contribution in [-0.2, 0) is 26.6 Å². The molecule has 0 N–H and O–H groups in total. The monoisotopic (exact) mass is 359 g/mol. The molecule has 0 aromatic heterocycles. The van der Waals surface area contributed by atoms with Crippen LogP contribution < -0.4 is 0 Å². The van der Waals surface area contributed by atoms with Gasteiger partial charge in [-0.05, 0) is 5.57 Å². The Hall–Kier alpha value is -2.42. The van der Waals surface area contributed by atoms with E-state index in [4.69, 9.17) is 4.74 Å². The molecule has 122 valence electrons. The number of allylic oxidation sites excluding steroid dienone is 3. The molecule has 0 amide bonds. The molecular weight excluding hydrogens is 342 g/mol. The third-order valence-electron chi connectivity index (χ3n) is 3.64. The van der Waals surface area contributed by atoms with E-state index >= 15 is 0 Å². The Morgan fingerprint density at radius 3 is 2.50 bits per heavy atom. The smallest absolute Gasteiger partial charge is 0.409 e. The average Bonchev–Trinajstić information content (AvgIpc) is 3.31. The molecule has 24 heavy (non-hydrogen) atoms. The molecule has 0 fully saturated rings. The summed E-state index contributed by atoms with van der Waals surface area (Å²) in [5.41, 5.74) is 1.75. The molecule has 0 saturated carbocycles. The molecular formula is C20H17FeNO2. The van der Waals surface area contributed by atoms with Gasteiger partial charge in [0, 0.05) is 0 Å². The largest absolute Gasteiger partial charge is 2.00 e. The molecule has 4 heteroatoms. The van der Waals surface area contributed by atoms with Crippen molar-refractivity contribution in [3.05, 3.63) is 96.6 Å². The molecule has 1 heterocycles. The van der Waals surface area contributed by atoms with Crippen LogP contribution in [0.1, 0.15) is 11.6 Å². The van der Waals surface area contributed by atoms with Crippen LogP contribution in [0.25, 0.3) is 0 Å². The first-order valence-electron chi connectivity index (χ1n) is 7.47. The Morgan fingerprint density at radius 1 is 1.12 bits per heavy atom. The zero-order chi connectivity index (χ0) is 16.1. The molecule has 0 bridgehead atoms. The van der Waals surface area contributed by atoms with Crippen LogP contribution in [0, 0.1) is 5.92 Å². The van der Waals surface area contributed by atoms with Crippen LogP contribution in [0.15, 0.2) is 96.0 Å². The number of hydrogen-bond donors (Lipinski definition) is 0. The Kier molecular flexibility index (Phi) is 6.30. The van der Waals surface area contributed by atoms with Gasteiger partial charge in [0.2, 0.25) is 5.90 Å². The molecule has 4 rings (SSSR count). The summed E-state index contributed by atoms with van der Waals surface area (Å²) in [6.07, 6.45) is 7.65. The summed E-state index contributed by atoms with van der Waals surface area (Å²) >= 11 is 0. The number of aliphatic imine (C=N–C) groups is 1. The van der Waals surface area contributed by atoms with Crippen molar-refractivity contribution in [3.8, 4) is 0 Å². The molecule has 1 aliphatic heterocycles. The summed E-state index contributed by atoms with van der Waals surface area (Å²) < 4.78 is 5.27. The minimum Gasteiger partial charge on any atom is -0.409 e. The van der Waals surface area contributed by atoms with Crippen molar-refractivity contribution in [1.82, 2.24) is 0 Å². The first kappa shape index (κ1) is 17.9. The summed E-state index contributed by atoms with van der Waals surface area (Å²) in [6.45, 7) is 3.94. The molecule has 2 aromatic carbocycles. The molecule has 0 radical (unpaired) electrons. The number of carbonyl (C=O) groups excluding carboxylic acids is 1. The van der Waals surface area contributed by atoms with Crippen molar-refractivity contribution in [3.63, 3.8) is 0 Å². The number of esters is 1. The summed E-state index contributed by atoms with van der Waals surface area (Å²) in [5, 5.41) is 0. The summed E-state index contributed by atoms with van der Waals surface area (Å²) in [7, 11) is 0. The fraction of sp³-hybridized carbons (Fsp3) is 0.100. The van der Waals surface area contributed by atoms with Crippen molar-refractivity contribution in [2.24, 2.45) is 10.9 Å². The van der Waals surface area contributed by atoms with Crippen molar-refractivity contribution in [2.45, 2.75) is 6.04 Å². The van der Waals surface area contributed by atoms with Gasteiger partial charge in [-0.3, -0.25) is 0 Å².